The molecule has 7 heteroatoms. The maximum Gasteiger partial charge on any atom is 0.268 e. The van der Waals surface area contributed by atoms with E-state index >= 15 is 0 Å². The van der Waals surface area contributed by atoms with Crippen LogP contribution in [0.4, 0.5) is 0 Å². The molecule has 0 atom stereocenters. The SMILES string of the molecule is Cc1ccc(Oc2ncccc2C(=O)c2cccc(C(=O)NN)c2O)cc1. The summed E-state index contributed by atoms with van der Waals surface area (Å²) in [5, 5.41) is 10.3. The van der Waals surface area contributed by atoms with Crippen molar-refractivity contribution in [2.75, 3.05) is 0 Å². The minimum absolute atomic E-state index is 0.0575. The van der Waals surface area contributed by atoms with Crippen LogP contribution in [0.25, 0.3) is 0 Å². The molecule has 3 aromatic rings. The molecule has 0 unspecified atom stereocenters. The summed E-state index contributed by atoms with van der Waals surface area (Å²) in [6, 6.07) is 14.7. The van der Waals surface area contributed by atoms with Crippen molar-refractivity contribution in [2.45, 2.75) is 6.92 Å². The van der Waals surface area contributed by atoms with Crippen LogP contribution in [0.3, 0.4) is 0 Å². The van der Waals surface area contributed by atoms with Crippen LogP contribution in [0.5, 0.6) is 17.4 Å². The Balaban J connectivity index is 1.99. The first-order chi connectivity index (χ1) is 13.0. The summed E-state index contributed by atoms with van der Waals surface area (Å²) in [5.74, 6) is 4.02. The Morgan fingerprint density at radius 1 is 1.00 bits per heavy atom. The van der Waals surface area contributed by atoms with E-state index in [0.29, 0.717) is 5.75 Å². The van der Waals surface area contributed by atoms with Gasteiger partial charge in [0.05, 0.1) is 16.7 Å². The lowest BCUT2D eigenvalue weighted by atomic mass is 10.0. The van der Waals surface area contributed by atoms with Gasteiger partial charge in [-0.2, -0.15) is 0 Å². The van der Waals surface area contributed by atoms with Gasteiger partial charge in [-0.05, 0) is 43.3 Å². The van der Waals surface area contributed by atoms with Crippen molar-refractivity contribution in [3.63, 3.8) is 0 Å². The standard InChI is InChI=1S/C20H17N3O4/c1-12-7-9-13(10-8-12)27-20-16(6-3-11-22-20)18(25)14-4-2-5-15(17(14)24)19(26)23-21/h2-11,24H,21H2,1H3,(H,23,26). The van der Waals surface area contributed by atoms with Gasteiger partial charge in [0.25, 0.3) is 5.91 Å². The van der Waals surface area contributed by atoms with Crippen molar-refractivity contribution in [1.29, 1.82) is 0 Å². The minimum atomic E-state index is -0.704. The predicted molar refractivity (Wildman–Crippen MR) is 98.7 cm³/mol. The van der Waals surface area contributed by atoms with E-state index < -0.39 is 17.4 Å². The zero-order valence-corrected chi connectivity index (χ0v) is 14.5. The Morgan fingerprint density at radius 2 is 1.67 bits per heavy atom. The van der Waals surface area contributed by atoms with Crippen molar-refractivity contribution in [2.24, 2.45) is 5.84 Å². The van der Waals surface area contributed by atoms with Crippen LogP contribution in [0.15, 0.2) is 60.8 Å². The molecule has 1 heterocycles. The second-order valence-corrected chi connectivity index (χ2v) is 5.78. The number of rotatable bonds is 5. The fraction of sp³-hybridized carbons (Fsp3) is 0.0500. The number of phenols is 1. The van der Waals surface area contributed by atoms with E-state index in [2.05, 4.69) is 4.98 Å². The molecule has 7 nitrogen and oxygen atoms in total. The lowest BCUT2D eigenvalue weighted by molar-refractivity contribution is 0.0951. The predicted octanol–water partition coefficient (Wildman–Crippen LogP) is 2.72. The quantitative estimate of drug-likeness (QED) is 0.278. The molecule has 0 fully saturated rings. The first-order valence-electron chi connectivity index (χ1n) is 8.08. The van der Waals surface area contributed by atoms with E-state index in [4.69, 9.17) is 10.6 Å². The van der Waals surface area contributed by atoms with Crippen LogP contribution in [0.2, 0.25) is 0 Å². The summed E-state index contributed by atoms with van der Waals surface area (Å²) in [5.41, 5.74) is 2.99. The summed E-state index contributed by atoms with van der Waals surface area (Å²) < 4.78 is 5.73. The number of aromatic hydroxyl groups is 1. The number of pyridine rings is 1. The van der Waals surface area contributed by atoms with E-state index in [9.17, 15) is 14.7 Å². The summed E-state index contributed by atoms with van der Waals surface area (Å²) in [6.45, 7) is 1.95. The average Bonchev–Trinajstić information content (AvgIpc) is 2.69. The number of aromatic nitrogens is 1. The van der Waals surface area contributed by atoms with Crippen LogP contribution in [-0.2, 0) is 0 Å². The molecule has 4 N–H and O–H groups in total. The third-order valence-corrected chi connectivity index (χ3v) is 3.91. The van der Waals surface area contributed by atoms with Crippen molar-refractivity contribution >= 4 is 11.7 Å². The smallest absolute Gasteiger partial charge is 0.268 e. The van der Waals surface area contributed by atoms with Crippen molar-refractivity contribution in [3.8, 4) is 17.4 Å². The number of carbonyl (C=O) groups is 2. The fourth-order valence-electron chi connectivity index (χ4n) is 2.50. The summed E-state index contributed by atoms with van der Waals surface area (Å²) in [7, 11) is 0. The van der Waals surface area contributed by atoms with E-state index in [1.807, 2.05) is 24.5 Å². The molecule has 0 radical (unpaired) electrons. The molecule has 27 heavy (non-hydrogen) atoms. The van der Waals surface area contributed by atoms with Gasteiger partial charge in [-0.25, -0.2) is 10.8 Å². The number of carbonyl (C=O) groups excluding carboxylic acids is 2. The molecule has 0 aliphatic heterocycles. The molecule has 0 saturated carbocycles. The van der Waals surface area contributed by atoms with Crippen molar-refractivity contribution in [3.05, 3.63) is 83.0 Å². The Kier molecular flexibility index (Phi) is 5.14. The molecule has 0 bridgehead atoms. The van der Waals surface area contributed by atoms with E-state index in [0.717, 1.165) is 5.56 Å². The number of hydrazine groups is 1. The molecule has 0 aliphatic carbocycles. The highest BCUT2D eigenvalue weighted by Crippen LogP contribution is 2.29. The Hall–Kier alpha value is -3.71. The van der Waals surface area contributed by atoms with Gasteiger partial charge in [-0.3, -0.25) is 15.0 Å². The van der Waals surface area contributed by atoms with Crippen LogP contribution in [0.1, 0.15) is 31.8 Å². The van der Waals surface area contributed by atoms with Crippen LogP contribution >= 0.6 is 0 Å². The minimum Gasteiger partial charge on any atom is -0.506 e. The van der Waals surface area contributed by atoms with Gasteiger partial charge >= 0.3 is 0 Å². The monoisotopic (exact) mass is 363 g/mol. The topological polar surface area (TPSA) is 115 Å². The van der Waals surface area contributed by atoms with Crippen LogP contribution < -0.4 is 16.0 Å². The second kappa shape index (κ2) is 7.67. The van der Waals surface area contributed by atoms with Gasteiger partial charge in [0.1, 0.15) is 11.5 Å². The number of amides is 1. The zero-order valence-electron chi connectivity index (χ0n) is 14.5. The largest absolute Gasteiger partial charge is 0.506 e. The molecule has 3 rings (SSSR count). The number of hydrogen-bond acceptors (Lipinski definition) is 6. The molecule has 1 aromatic heterocycles. The Morgan fingerprint density at radius 3 is 2.37 bits per heavy atom. The Labute approximate surface area is 155 Å². The van der Waals surface area contributed by atoms with Gasteiger partial charge in [0.15, 0.2) is 0 Å². The number of nitrogens with two attached hydrogens (primary N) is 1. The number of benzene rings is 2. The van der Waals surface area contributed by atoms with Gasteiger partial charge in [-0.15, -0.1) is 0 Å². The van der Waals surface area contributed by atoms with Gasteiger partial charge in [0, 0.05) is 6.20 Å². The molecule has 1 amide bonds. The first kappa shape index (κ1) is 18.1. The molecule has 136 valence electrons. The summed E-state index contributed by atoms with van der Waals surface area (Å²) >= 11 is 0. The zero-order chi connectivity index (χ0) is 19.4. The van der Waals surface area contributed by atoms with Crippen molar-refractivity contribution < 1.29 is 19.4 Å². The lowest BCUT2D eigenvalue weighted by Crippen LogP contribution is -2.30. The Bertz CT molecular complexity index is 1000. The number of nitrogens with one attached hydrogen (secondary N) is 1. The molecule has 0 saturated heterocycles. The summed E-state index contributed by atoms with van der Waals surface area (Å²) in [6.07, 6.45) is 1.50. The number of ketones is 1. The highest BCUT2D eigenvalue weighted by molar-refractivity contribution is 6.13. The van der Waals surface area contributed by atoms with E-state index in [1.54, 1.807) is 18.2 Å². The normalized spacial score (nSPS) is 10.3. The van der Waals surface area contributed by atoms with Crippen molar-refractivity contribution in [1.82, 2.24) is 10.4 Å². The van der Waals surface area contributed by atoms with Crippen LogP contribution in [-0.4, -0.2) is 21.8 Å². The molecular formula is C20H17N3O4. The third-order valence-electron chi connectivity index (χ3n) is 3.91. The number of hydrogen-bond donors (Lipinski definition) is 3. The average molecular weight is 363 g/mol. The molecule has 0 aliphatic rings. The molecular weight excluding hydrogens is 346 g/mol. The number of nitrogens with zero attached hydrogens (tertiary/aromatic N) is 1. The van der Waals surface area contributed by atoms with Gasteiger partial charge in [0.2, 0.25) is 11.7 Å². The number of para-hydroxylation sites is 1. The van der Waals surface area contributed by atoms with E-state index in [-0.39, 0.29) is 22.6 Å². The highest BCUT2D eigenvalue weighted by atomic mass is 16.5. The fourth-order valence-corrected chi connectivity index (χ4v) is 2.50. The maximum atomic E-state index is 13.0. The van der Waals surface area contributed by atoms with E-state index in [1.165, 1.54) is 30.5 Å². The number of ether oxygens (including phenoxy) is 1. The number of aryl methyl sites for hydroxylation is 1. The third kappa shape index (κ3) is 3.78. The summed E-state index contributed by atoms with van der Waals surface area (Å²) in [4.78, 5) is 28.8. The maximum absolute atomic E-state index is 13.0. The molecule has 2 aromatic carbocycles. The lowest BCUT2D eigenvalue weighted by Gasteiger charge is -2.11. The molecule has 0 spiro atoms. The van der Waals surface area contributed by atoms with Crippen LogP contribution in [0, 0.1) is 6.92 Å². The van der Waals surface area contributed by atoms with Gasteiger partial charge in [-0.1, -0.05) is 23.8 Å². The first-order valence-corrected chi connectivity index (χ1v) is 8.08. The highest BCUT2D eigenvalue weighted by Gasteiger charge is 2.22. The number of phenolic OH excluding ortho intramolecular Hbond substituents is 1. The van der Waals surface area contributed by atoms with Gasteiger partial charge < -0.3 is 9.84 Å². The number of nitrogen functional groups attached to an aromatic ring is 1. The second-order valence-electron chi connectivity index (χ2n) is 5.78.